The fourth-order valence-corrected chi connectivity index (χ4v) is 4.39. The number of nitrogens with one attached hydrogen (secondary N) is 1. The molecule has 148 valence electrons. The molecule has 1 atom stereocenters. The maximum Gasteiger partial charge on any atom is 0.243 e. The first kappa shape index (κ1) is 19.2. The van der Waals surface area contributed by atoms with Crippen molar-refractivity contribution in [2.45, 2.75) is 51.7 Å². The first-order chi connectivity index (χ1) is 13.7. The summed E-state index contributed by atoms with van der Waals surface area (Å²) in [4.78, 5) is 17.5. The monoisotopic (exact) mass is 377 g/mol. The molecule has 0 spiro atoms. The Morgan fingerprint density at radius 3 is 2.50 bits per heavy atom. The van der Waals surface area contributed by atoms with Crippen molar-refractivity contribution >= 4 is 11.6 Å². The molecule has 0 radical (unpaired) electrons. The lowest BCUT2D eigenvalue weighted by atomic mass is 10.0. The van der Waals surface area contributed by atoms with Crippen LogP contribution in [0.25, 0.3) is 0 Å². The third kappa shape index (κ3) is 4.29. The number of fused-ring (bicyclic) bond motifs is 1. The van der Waals surface area contributed by atoms with E-state index < -0.39 is 0 Å². The van der Waals surface area contributed by atoms with Crippen LogP contribution in [0.1, 0.15) is 42.9 Å². The topological polar surface area (TPSA) is 35.6 Å². The molecule has 4 rings (SSSR count). The summed E-state index contributed by atoms with van der Waals surface area (Å²) in [5, 5.41) is 3.47. The summed E-state index contributed by atoms with van der Waals surface area (Å²) in [6, 6.07) is 16.7. The molecule has 1 fully saturated rings. The van der Waals surface area contributed by atoms with Gasteiger partial charge in [0.2, 0.25) is 5.91 Å². The smallest absolute Gasteiger partial charge is 0.243 e. The van der Waals surface area contributed by atoms with Crippen LogP contribution < -0.4 is 10.2 Å². The summed E-state index contributed by atoms with van der Waals surface area (Å²) < 4.78 is 0. The van der Waals surface area contributed by atoms with Crippen LogP contribution in [0.15, 0.2) is 48.5 Å². The van der Waals surface area contributed by atoms with Gasteiger partial charge < -0.3 is 10.2 Å². The molecular weight excluding hydrogens is 346 g/mol. The van der Waals surface area contributed by atoms with Crippen LogP contribution in [0.2, 0.25) is 0 Å². The molecule has 2 aromatic carbocycles. The van der Waals surface area contributed by atoms with E-state index >= 15 is 0 Å². The minimum atomic E-state index is -0.200. The number of para-hydroxylation sites is 1. The van der Waals surface area contributed by atoms with Gasteiger partial charge in [-0.3, -0.25) is 9.69 Å². The zero-order valence-corrected chi connectivity index (χ0v) is 16.9. The third-order valence-corrected chi connectivity index (χ3v) is 6.08. The summed E-state index contributed by atoms with van der Waals surface area (Å²) in [7, 11) is 0. The number of rotatable bonds is 6. The van der Waals surface area contributed by atoms with Gasteiger partial charge in [0.25, 0.3) is 0 Å². The number of piperidine rings is 1. The van der Waals surface area contributed by atoms with E-state index in [1.807, 2.05) is 24.0 Å². The van der Waals surface area contributed by atoms with Gasteiger partial charge in [-0.1, -0.05) is 48.9 Å². The Balaban J connectivity index is 1.37. The number of amides is 1. The standard InChI is InChI=1S/C24H31N3O/c1-19(24(28)27-16-13-20-9-5-6-12-23(20)27)25-17-21-10-3-4-11-22(21)18-26-14-7-2-8-15-26/h3-6,9-12,19,25H,2,7-8,13-18H2,1H3. The van der Waals surface area contributed by atoms with Gasteiger partial charge in [0.15, 0.2) is 0 Å². The first-order valence-electron chi connectivity index (χ1n) is 10.6. The molecule has 28 heavy (non-hydrogen) atoms. The third-order valence-electron chi connectivity index (χ3n) is 6.08. The lowest BCUT2D eigenvalue weighted by molar-refractivity contribution is -0.120. The number of nitrogens with zero attached hydrogens (tertiary/aromatic N) is 2. The highest BCUT2D eigenvalue weighted by atomic mass is 16.2. The summed E-state index contributed by atoms with van der Waals surface area (Å²) in [6.45, 7) is 6.91. The highest BCUT2D eigenvalue weighted by molar-refractivity contribution is 5.98. The second kappa shape index (κ2) is 8.89. The Hall–Kier alpha value is -2.17. The SMILES string of the molecule is CC(NCc1ccccc1CN1CCCCC1)C(=O)N1CCc2ccccc21. The number of carbonyl (C=O) groups is 1. The molecule has 0 bridgehead atoms. The quantitative estimate of drug-likeness (QED) is 0.833. The second-order valence-electron chi connectivity index (χ2n) is 8.08. The van der Waals surface area contributed by atoms with Crippen molar-refractivity contribution in [3.63, 3.8) is 0 Å². The van der Waals surface area contributed by atoms with E-state index in [4.69, 9.17) is 0 Å². The molecule has 0 aliphatic carbocycles. The molecule has 0 aromatic heterocycles. The minimum Gasteiger partial charge on any atom is -0.310 e. The maximum atomic E-state index is 13.0. The van der Waals surface area contributed by atoms with Crippen LogP contribution in [-0.4, -0.2) is 36.5 Å². The van der Waals surface area contributed by atoms with Gasteiger partial charge in [-0.05, 0) is 62.0 Å². The largest absolute Gasteiger partial charge is 0.310 e. The molecule has 2 heterocycles. The molecule has 4 heteroatoms. The van der Waals surface area contributed by atoms with Crippen molar-refractivity contribution in [2.75, 3.05) is 24.5 Å². The molecular formula is C24H31N3O. The van der Waals surface area contributed by atoms with E-state index in [1.54, 1.807) is 0 Å². The zero-order chi connectivity index (χ0) is 19.3. The Labute approximate surface area is 168 Å². The van der Waals surface area contributed by atoms with Crippen molar-refractivity contribution < 1.29 is 4.79 Å². The lowest BCUT2D eigenvalue weighted by Gasteiger charge is -2.27. The van der Waals surface area contributed by atoms with Crippen LogP contribution in [-0.2, 0) is 24.3 Å². The first-order valence-corrected chi connectivity index (χ1v) is 10.6. The highest BCUT2D eigenvalue weighted by Crippen LogP contribution is 2.28. The van der Waals surface area contributed by atoms with E-state index in [-0.39, 0.29) is 11.9 Å². The van der Waals surface area contributed by atoms with E-state index in [9.17, 15) is 4.79 Å². The Morgan fingerprint density at radius 2 is 1.68 bits per heavy atom. The van der Waals surface area contributed by atoms with Crippen molar-refractivity contribution in [2.24, 2.45) is 0 Å². The normalized spacial score (nSPS) is 18.1. The summed E-state index contributed by atoms with van der Waals surface area (Å²) >= 11 is 0. The predicted molar refractivity (Wildman–Crippen MR) is 114 cm³/mol. The molecule has 1 N–H and O–H groups in total. The van der Waals surface area contributed by atoms with E-state index in [1.165, 1.54) is 49.0 Å². The van der Waals surface area contributed by atoms with Gasteiger partial charge in [-0.25, -0.2) is 0 Å². The van der Waals surface area contributed by atoms with Gasteiger partial charge in [-0.15, -0.1) is 0 Å². The van der Waals surface area contributed by atoms with Gasteiger partial charge in [0.1, 0.15) is 0 Å². The second-order valence-corrected chi connectivity index (χ2v) is 8.08. The van der Waals surface area contributed by atoms with Gasteiger partial charge in [0, 0.05) is 25.3 Å². The van der Waals surface area contributed by atoms with Crippen LogP contribution in [0.4, 0.5) is 5.69 Å². The van der Waals surface area contributed by atoms with E-state index in [0.29, 0.717) is 0 Å². The number of carbonyl (C=O) groups excluding carboxylic acids is 1. The maximum absolute atomic E-state index is 13.0. The van der Waals surface area contributed by atoms with Crippen LogP contribution in [0.3, 0.4) is 0 Å². The molecule has 2 aliphatic heterocycles. The molecule has 2 aromatic rings. The Bertz CT molecular complexity index is 813. The average Bonchev–Trinajstić information content (AvgIpc) is 3.17. The Kier molecular flexibility index (Phi) is 6.08. The highest BCUT2D eigenvalue weighted by Gasteiger charge is 2.27. The van der Waals surface area contributed by atoms with Crippen molar-refractivity contribution in [3.05, 3.63) is 65.2 Å². The van der Waals surface area contributed by atoms with Gasteiger partial charge in [0.05, 0.1) is 6.04 Å². The molecule has 1 saturated heterocycles. The molecule has 4 nitrogen and oxygen atoms in total. The number of hydrogen-bond acceptors (Lipinski definition) is 3. The summed E-state index contributed by atoms with van der Waals surface area (Å²) in [5.41, 5.74) is 5.03. The van der Waals surface area contributed by atoms with Crippen molar-refractivity contribution in [1.29, 1.82) is 0 Å². The van der Waals surface area contributed by atoms with Gasteiger partial charge >= 0.3 is 0 Å². The van der Waals surface area contributed by atoms with E-state index in [0.717, 1.165) is 31.7 Å². The van der Waals surface area contributed by atoms with Crippen molar-refractivity contribution in [1.82, 2.24) is 10.2 Å². The number of benzene rings is 2. The van der Waals surface area contributed by atoms with Crippen LogP contribution in [0.5, 0.6) is 0 Å². The predicted octanol–water partition coefficient (Wildman–Crippen LogP) is 3.74. The fraction of sp³-hybridized carbons (Fsp3) is 0.458. The lowest BCUT2D eigenvalue weighted by Crippen LogP contribution is -2.44. The zero-order valence-electron chi connectivity index (χ0n) is 16.9. The molecule has 2 aliphatic rings. The van der Waals surface area contributed by atoms with Gasteiger partial charge in [-0.2, -0.15) is 0 Å². The van der Waals surface area contributed by atoms with E-state index in [2.05, 4.69) is 46.6 Å². The summed E-state index contributed by atoms with van der Waals surface area (Å²) in [6.07, 6.45) is 4.93. The van der Waals surface area contributed by atoms with Crippen molar-refractivity contribution in [3.8, 4) is 0 Å². The van der Waals surface area contributed by atoms with Crippen LogP contribution in [0, 0.1) is 0 Å². The fourth-order valence-electron chi connectivity index (χ4n) is 4.39. The summed E-state index contributed by atoms with van der Waals surface area (Å²) in [5.74, 6) is 0.165. The van der Waals surface area contributed by atoms with Crippen LogP contribution >= 0.6 is 0 Å². The molecule has 1 unspecified atom stereocenters. The molecule has 1 amide bonds. The average molecular weight is 378 g/mol. The number of likely N-dealkylation sites (tertiary alicyclic amines) is 1. The number of hydrogen-bond donors (Lipinski definition) is 1. The minimum absolute atomic E-state index is 0.165. The number of anilines is 1. The molecule has 0 saturated carbocycles. The Morgan fingerprint density at radius 1 is 0.964 bits per heavy atom.